The number of nitrogens with one attached hydrogen (secondary N) is 1. The van der Waals surface area contributed by atoms with Crippen molar-refractivity contribution in [2.45, 2.75) is 32.7 Å². The van der Waals surface area contributed by atoms with E-state index in [1.165, 1.54) is 5.56 Å². The van der Waals surface area contributed by atoms with Gasteiger partial charge in [0.1, 0.15) is 0 Å². The normalized spacial score (nSPS) is 13.3. The third-order valence-corrected chi connectivity index (χ3v) is 2.86. The van der Waals surface area contributed by atoms with Gasteiger partial charge >= 0.3 is 5.97 Å². The van der Waals surface area contributed by atoms with E-state index < -0.39 is 5.97 Å². The Balaban J connectivity index is 2.38. The highest BCUT2D eigenvalue weighted by atomic mass is 16.4. The molecule has 0 aliphatic carbocycles. The molecular formula is C15H21NO2. The van der Waals surface area contributed by atoms with Crippen molar-refractivity contribution in [3.8, 4) is 0 Å². The topological polar surface area (TPSA) is 49.3 Å². The van der Waals surface area contributed by atoms with Crippen LogP contribution in [0.2, 0.25) is 0 Å². The van der Waals surface area contributed by atoms with Gasteiger partial charge < -0.3 is 10.4 Å². The van der Waals surface area contributed by atoms with Crippen molar-refractivity contribution in [1.29, 1.82) is 0 Å². The number of carboxylic acids is 1. The monoisotopic (exact) mass is 247 g/mol. The van der Waals surface area contributed by atoms with Crippen molar-refractivity contribution in [3.05, 3.63) is 47.5 Å². The number of carbonyl (C=O) groups is 1. The molecule has 0 heterocycles. The molecule has 0 aliphatic rings. The Morgan fingerprint density at radius 1 is 1.39 bits per heavy atom. The molecule has 0 saturated carbocycles. The Labute approximate surface area is 109 Å². The number of carboxylic acid groups (broad SMARTS) is 1. The average molecular weight is 247 g/mol. The minimum absolute atomic E-state index is 0.329. The highest BCUT2D eigenvalue weighted by Crippen LogP contribution is 2.03. The minimum Gasteiger partial charge on any atom is -0.478 e. The molecule has 1 aromatic carbocycles. The predicted molar refractivity (Wildman–Crippen MR) is 73.6 cm³/mol. The molecule has 98 valence electrons. The molecule has 3 heteroatoms. The van der Waals surface area contributed by atoms with Crippen molar-refractivity contribution < 1.29 is 9.90 Å². The van der Waals surface area contributed by atoms with Crippen LogP contribution in [0.5, 0.6) is 0 Å². The summed E-state index contributed by atoms with van der Waals surface area (Å²) in [6.07, 6.45) is 3.26. The summed E-state index contributed by atoms with van der Waals surface area (Å²) in [6.45, 7) is 4.56. The largest absolute Gasteiger partial charge is 0.478 e. The maximum atomic E-state index is 10.8. The first-order valence-corrected chi connectivity index (χ1v) is 6.33. The van der Waals surface area contributed by atoms with Gasteiger partial charge in [0.15, 0.2) is 0 Å². The van der Waals surface area contributed by atoms with E-state index in [0.29, 0.717) is 24.6 Å². The molecule has 0 radical (unpaired) electrons. The first-order valence-electron chi connectivity index (χ1n) is 6.33. The van der Waals surface area contributed by atoms with Crippen molar-refractivity contribution in [2.24, 2.45) is 0 Å². The molecule has 3 nitrogen and oxygen atoms in total. The van der Waals surface area contributed by atoms with Crippen LogP contribution in [-0.4, -0.2) is 23.7 Å². The van der Waals surface area contributed by atoms with Crippen molar-refractivity contribution >= 4 is 5.97 Å². The molecule has 0 amide bonds. The van der Waals surface area contributed by atoms with E-state index in [1.54, 1.807) is 6.08 Å². The van der Waals surface area contributed by atoms with E-state index in [0.717, 1.165) is 6.42 Å². The van der Waals surface area contributed by atoms with E-state index in [2.05, 4.69) is 24.4 Å². The number of rotatable bonds is 7. The molecule has 1 unspecified atom stereocenters. The summed E-state index contributed by atoms with van der Waals surface area (Å²) in [6, 6.07) is 10.6. The van der Waals surface area contributed by atoms with Crippen LogP contribution in [0, 0.1) is 0 Å². The summed E-state index contributed by atoms with van der Waals surface area (Å²) in [5, 5.41) is 12.2. The molecule has 0 saturated heterocycles. The fourth-order valence-corrected chi connectivity index (χ4v) is 1.81. The Kier molecular flexibility index (Phi) is 6.15. The lowest BCUT2D eigenvalue weighted by Gasteiger charge is -2.12. The zero-order valence-corrected chi connectivity index (χ0v) is 11.0. The maximum Gasteiger partial charge on any atom is 0.331 e. The lowest BCUT2D eigenvalue weighted by Crippen LogP contribution is -2.28. The minimum atomic E-state index is -0.824. The lowest BCUT2D eigenvalue weighted by atomic mass is 10.1. The number of aliphatic carboxylic acids is 1. The van der Waals surface area contributed by atoms with Crippen LogP contribution in [-0.2, 0) is 11.2 Å². The zero-order chi connectivity index (χ0) is 13.4. The first kappa shape index (κ1) is 14.5. The molecule has 0 spiro atoms. The summed E-state index contributed by atoms with van der Waals surface area (Å²) in [5.74, 6) is -0.824. The van der Waals surface area contributed by atoms with E-state index in [-0.39, 0.29) is 0 Å². The van der Waals surface area contributed by atoms with Gasteiger partial charge in [-0.2, -0.15) is 0 Å². The molecular weight excluding hydrogens is 226 g/mol. The SMILES string of the molecule is CC/C(=C/CNC(C)Cc1ccccc1)C(=O)O. The van der Waals surface area contributed by atoms with E-state index in [9.17, 15) is 4.79 Å². The smallest absolute Gasteiger partial charge is 0.331 e. The van der Waals surface area contributed by atoms with Crippen molar-refractivity contribution in [2.75, 3.05) is 6.54 Å². The van der Waals surface area contributed by atoms with Crippen LogP contribution in [0.3, 0.4) is 0 Å². The highest BCUT2D eigenvalue weighted by Gasteiger charge is 2.04. The van der Waals surface area contributed by atoms with Gasteiger partial charge in [0, 0.05) is 18.2 Å². The number of benzene rings is 1. The van der Waals surface area contributed by atoms with E-state index >= 15 is 0 Å². The standard InChI is InChI=1S/C15H21NO2/c1-3-14(15(17)18)9-10-16-12(2)11-13-7-5-4-6-8-13/h4-9,12,16H,3,10-11H2,1-2H3,(H,17,18)/b14-9-. The molecule has 0 bridgehead atoms. The Morgan fingerprint density at radius 3 is 2.61 bits per heavy atom. The van der Waals surface area contributed by atoms with Gasteiger partial charge in [-0.25, -0.2) is 4.79 Å². The summed E-state index contributed by atoms with van der Waals surface area (Å²) in [4.78, 5) is 10.8. The van der Waals surface area contributed by atoms with Crippen molar-refractivity contribution in [3.63, 3.8) is 0 Å². The Morgan fingerprint density at radius 2 is 2.06 bits per heavy atom. The van der Waals surface area contributed by atoms with Gasteiger partial charge in [0.05, 0.1) is 0 Å². The average Bonchev–Trinajstić information content (AvgIpc) is 2.35. The second kappa shape index (κ2) is 7.67. The fourth-order valence-electron chi connectivity index (χ4n) is 1.81. The summed E-state index contributed by atoms with van der Waals surface area (Å²) in [7, 11) is 0. The summed E-state index contributed by atoms with van der Waals surface area (Å²) < 4.78 is 0. The van der Waals surface area contributed by atoms with E-state index in [4.69, 9.17) is 5.11 Å². The third-order valence-electron chi connectivity index (χ3n) is 2.86. The number of hydrogen-bond donors (Lipinski definition) is 2. The molecule has 18 heavy (non-hydrogen) atoms. The van der Waals surface area contributed by atoms with Crippen LogP contribution in [0.1, 0.15) is 25.8 Å². The molecule has 0 aromatic heterocycles. The second-order valence-corrected chi connectivity index (χ2v) is 4.39. The van der Waals surface area contributed by atoms with E-state index in [1.807, 2.05) is 25.1 Å². The van der Waals surface area contributed by atoms with Gasteiger partial charge in [-0.05, 0) is 25.3 Å². The predicted octanol–water partition coefficient (Wildman–Crippen LogP) is 2.63. The Hall–Kier alpha value is -1.61. The highest BCUT2D eigenvalue weighted by molar-refractivity contribution is 5.86. The van der Waals surface area contributed by atoms with Gasteiger partial charge in [0.25, 0.3) is 0 Å². The quantitative estimate of drug-likeness (QED) is 0.728. The molecule has 1 rings (SSSR count). The molecule has 1 atom stereocenters. The molecule has 0 aliphatic heterocycles. The van der Waals surface area contributed by atoms with Crippen LogP contribution < -0.4 is 5.32 Å². The van der Waals surface area contributed by atoms with Crippen LogP contribution in [0.25, 0.3) is 0 Å². The molecule has 0 fully saturated rings. The third kappa shape index (κ3) is 5.15. The molecule has 1 aromatic rings. The number of hydrogen-bond acceptors (Lipinski definition) is 2. The van der Waals surface area contributed by atoms with Crippen molar-refractivity contribution in [1.82, 2.24) is 5.32 Å². The van der Waals surface area contributed by atoms with Gasteiger partial charge in [-0.1, -0.05) is 43.3 Å². The fraction of sp³-hybridized carbons (Fsp3) is 0.400. The van der Waals surface area contributed by atoms with Crippen LogP contribution in [0.4, 0.5) is 0 Å². The maximum absolute atomic E-state index is 10.8. The molecule has 2 N–H and O–H groups in total. The van der Waals surface area contributed by atoms with Crippen LogP contribution >= 0.6 is 0 Å². The van der Waals surface area contributed by atoms with Gasteiger partial charge in [-0.3, -0.25) is 0 Å². The van der Waals surface area contributed by atoms with Crippen LogP contribution in [0.15, 0.2) is 42.0 Å². The summed E-state index contributed by atoms with van der Waals surface area (Å²) in [5.41, 5.74) is 1.75. The summed E-state index contributed by atoms with van der Waals surface area (Å²) >= 11 is 0. The zero-order valence-electron chi connectivity index (χ0n) is 11.0. The first-order chi connectivity index (χ1) is 8.63. The second-order valence-electron chi connectivity index (χ2n) is 4.39. The van der Waals surface area contributed by atoms with Gasteiger partial charge in [0.2, 0.25) is 0 Å². The lowest BCUT2D eigenvalue weighted by molar-refractivity contribution is -0.132. The Bertz CT molecular complexity index is 398. The van der Waals surface area contributed by atoms with Gasteiger partial charge in [-0.15, -0.1) is 0 Å².